The first-order valence-electron chi connectivity index (χ1n) is 4.57. The standard InChI is InChI=1S/C11H11FO2/c1-7-3-2-4-8-5-6-11(12,9(7)8)10(13)14/h2-4H,5-6H2,1H3,(H,13,14). The van der Waals surface area contributed by atoms with E-state index in [1.807, 2.05) is 6.07 Å². The minimum absolute atomic E-state index is 0.0581. The highest BCUT2D eigenvalue weighted by molar-refractivity contribution is 5.81. The lowest BCUT2D eigenvalue weighted by Gasteiger charge is -2.17. The Kier molecular flexibility index (Phi) is 1.84. The van der Waals surface area contributed by atoms with Gasteiger partial charge in [-0.25, -0.2) is 9.18 Å². The van der Waals surface area contributed by atoms with Crippen LogP contribution in [-0.2, 0) is 16.9 Å². The fourth-order valence-corrected chi connectivity index (χ4v) is 2.15. The number of carbonyl (C=O) groups is 1. The summed E-state index contributed by atoms with van der Waals surface area (Å²) in [6, 6.07) is 5.38. The maximum atomic E-state index is 14.1. The normalized spacial score (nSPS) is 24.7. The smallest absolute Gasteiger partial charge is 0.346 e. The Bertz CT molecular complexity index is 400. The molecule has 0 fully saturated rings. The molecule has 1 aromatic carbocycles. The molecular formula is C11H11FO2. The molecule has 0 saturated heterocycles. The van der Waals surface area contributed by atoms with E-state index in [-0.39, 0.29) is 6.42 Å². The minimum atomic E-state index is -2.17. The number of aliphatic carboxylic acids is 1. The molecule has 0 bridgehead atoms. The molecule has 2 nitrogen and oxygen atoms in total. The van der Waals surface area contributed by atoms with Crippen LogP contribution in [0.2, 0.25) is 0 Å². The maximum Gasteiger partial charge on any atom is 0.346 e. The molecular weight excluding hydrogens is 183 g/mol. The zero-order chi connectivity index (χ0) is 10.3. The number of hydrogen-bond acceptors (Lipinski definition) is 1. The number of alkyl halides is 1. The Morgan fingerprint density at radius 3 is 2.93 bits per heavy atom. The van der Waals surface area contributed by atoms with Crippen molar-refractivity contribution in [3.05, 3.63) is 34.9 Å². The van der Waals surface area contributed by atoms with Crippen LogP contribution in [0.3, 0.4) is 0 Å². The zero-order valence-electron chi connectivity index (χ0n) is 7.88. The Morgan fingerprint density at radius 1 is 1.57 bits per heavy atom. The molecule has 14 heavy (non-hydrogen) atoms. The Labute approximate surface area is 81.4 Å². The molecule has 0 heterocycles. The van der Waals surface area contributed by atoms with Crippen molar-refractivity contribution >= 4 is 5.97 Å². The fourth-order valence-electron chi connectivity index (χ4n) is 2.15. The lowest BCUT2D eigenvalue weighted by Crippen LogP contribution is -2.28. The maximum absolute atomic E-state index is 14.1. The van der Waals surface area contributed by atoms with Crippen LogP contribution in [0.25, 0.3) is 0 Å². The summed E-state index contributed by atoms with van der Waals surface area (Å²) in [5.74, 6) is -1.37. The van der Waals surface area contributed by atoms with Gasteiger partial charge in [-0.3, -0.25) is 0 Å². The van der Waals surface area contributed by atoms with Crippen molar-refractivity contribution in [3.63, 3.8) is 0 Å². The lowest BCUT2D eigenvalue weighted by atomic mass is 9.94. The van der Waals surface area contributed by atoms with Gasteiger partial charge in [-0.05, 0) is 24.5 Å². The minimum Gasteiger partial charge on any atom is -0.479 e. The summed E-state index contributed by atoms with van der Waals surface area (Å²) in [4.78, 5) is 10.9. The van der Waals surface area contributed by atoms with Crippen LogP contribution in [0.5, 0.6) is 0 Å². The molecule has 1 aromatic rings. The molecule has 0 aromatic heterocycles. The van der Waals surface area contributed by atoms with E-state index in [0.29, 0.717) is 12.0 Å². The van der Waals surface area contributed by atoms with E-state index < -0.39 is 11.6 Å². The second-order valence-corrected chi connectivity index (χ2v) is 3.72. The highest BCUT2D eigenvalue weighted by Crippen LogP contribution is 2.42. The summed E-state index contributed by atoms with van der Waals surface area (Å²) in [6.45, 7) is 1.75. The second kappa shape index (κ2) is 2.80. The van der Waals surface area contributed by atoms with E-state index in [4.69, 9.17) is 5.11 Å². The fraction of sp³-hybridized carbons (Fsp3) is 0.364. The Hall–Kier alpha value is -1.38. The summed E-state index contributed by atoms with van der Waals surface area (Å²) < 4.78 is 14.1. The third kappa shape index (κ3) is 1.05. The van der Waals surface area contributed by atoms with Crippen molar-refractivity contribution in [1.29, 1.82) is 0 Å². The van der Waals surface area contributed by atoms with Crippen LogP contribution < -0.4 is 0 Å². The van der Waals surface area contributed by atoms with Crippen LogP contribution in [-0.4, -0.2) is 11.1 Å². The van der Waals surface area contributed by atoms with Crippen molar-refractivity contribution in [1.82, 2.24) is 0 Å². The zero-order valence-corrected chi connectivity index (χ0v) is 7.88. The number of aryl methyl sites for hydroxylation is 2. The first-order valence-corrected chi connectivity index (χ1v) is 4.57. The number of halogens is 1. The van der Waals surface area contributed by atoms with Gasteiger partial charge in [-0.2, -0.15) is 0 Å². The highest BCUT2D eigenvalue weighted by atomic mass is 19.1. The quantitative estimate of drug-likeness (QED) is 0.744. The van der Waals surface area contributed by atoms with Crippen LogP contribution in [0, 0.1) is 6.92 Å². The predicted molar refractivity (Wildman–Crippen MR) is 49.9 cm³/mol. The summed E-state index contributed by atoms with van der Waals surface area (Å²) in [5.41, 5.74) is -0.243. The van der Waals surface area contributed by atoms with E-state index in [2.05, 4.69) is 0 Å². The van der Waals surface area contributed by atoms with E-state index in [1.165, 1.54) is 0 Å². The van der Waals surface area contributed by atoms with Crippen LogP contribution in [0.1, 0.15) is 23.1 Å². The van der Waals surface area contributed by atoms with E-state index >= 15 is 0 Å². The number of carboxylic acid groups (broad SMARTS) is 1. The molecule has 1 aliphatic carbocycles. The van der Waals surface area contributed by atoms with Gasteiger partial charge in [-0.15, -0.1) is 0 Å². The van der Waals surface area contributed by atoms with Crippen molar-refractivity contribution in [2.75, 3.05) is 0 Å². The molecule has 0 radical (unpaired) electrons. The molecule has 1 atom stereocenters. The van der Waals surface area contributed by atoms with Crippen molar-refractivity contribution < 1.29 is 14.3 Å². The number of hydrogen-bond donors (Lipinski definition) is 1. The van der Waals surface area contributed by atoms with Crippen molar-refractivity contribution in [3.8, 4) is 0 Å². The van der Waals surface area contributed by atoms with Crippen LogP contribution >= 0.6 is 0 Å². The predicted octanol–water partition coefficient (Wildman–Crippen LogP) is 2.19. The first kappa shape index (κ1) is 9.19. The van der Waals surface area contributed by atoms with Gasteiger partial charge < -0.3 is 5.11 Å². The average Bonchev–Trinajstić information content (AvgIpc) is 2.47. The summed E-state index contributed by atoms with van der Waals surface area (Å²) in [6.07, 6.45) is 0.572. The Balaban J connectivity index is 2.64. The van der Waals surface area contributed by atoms with Gasteiger partial charge in [0.05, 0.1) is 0 Å². The lowest BCUT2D eigenvalue weighted by molar-refractivity contribution is -0.151. The average molecular weight is 194 g/mol. The van der Waals surface area contributed by atoms with Gasteiger partial charge in [0.1, 0.15) is 0 Å². The third-order valence-electron chi connectivity index (χ3n) is 2.83. The molecule has 0 spiro atoms. The van der Waals surface area contributed by atoms with E-state index in [9.17, 15) is 9.18 Å². The molecule has 1 unspecified atom stereocenters. The number of carboxylic acids is 1. The molecule has 1 aliphatic rings. The van der Waals surface area contributed by atoms with Gasteiger partial charge in [-0.1, -0.05) is 18.2 Å². The van der Waals surface area contributed by atoms with E-state index in [0.717, 1.165) is 11.1 Å². The molecule has 1 N–H and O–H groups in total. The van der Waals surface area contributed by atoms with E-state index in [1.54, 1.807) is 19.1 Å². The largest absolute Gasteiger partial charge is 0.479 e. The topological polar surface area (TPSA) is 37.3 Å². The van der Waals surface area contributed by atoms with Gasteiger partial charge in [0.25, 0.3) is 0 Å². The molecule has 2 rings (SSSR count). The molecule has 0 amide bonds. The molecule has 74 valence electrons. The monoisotopic (exact) mass is 194 g/mol. The summed E-state index contributed by atoms with van der Waals surface area (Å²) in [7, 11) is 0. The summed E-state index contributed by atoms with van der Waals surface area (Å²) in [5, 5.41) is 8.87. The number of rotatable bonds is 1. The first-order chi connectivity index (χ1) is 6.55. The molecule has 3 heteroatoms. The van der Waals surface area contributed by atoms with Crippen LogP contribution in [0.15, 0.2) is 18.2 Å². The van der Waals surface area contributed by atoms with Gasteiger partial charge >= 0.3 is 5.97 Å². The molecule has 0 saturated carbocycles. The van der Waals surface area contributed by atoms with Crippen molar-refractivity contribution in [2.24, 2.45) is 0 Å². The highest BCUT2D eigenvalue weighted by Gasteiger charge is 2.46. The second-order valence-electron chi connectivity index (χ2n) is 3.72. The number of benzene rings is 1. The molecule has 0 aliphatic heterocycles. The van der Waals surface area contributed by atoms with Gasteiger partial charge in [0.2, 0.25) is 5.67 Å². The van der Waals surface area contributed by atoms with Gasteiger partial charge in [0.15, 0.2) is 0 Å². The third-order valence-corrected chi connectivity index (χ3v) is 2.83. The van der Waals surface area contributed by atoms with Crippen molar-refractivity contribution in [2.45, 2.75) is 25.4 Å². The van der Waals surface area contributed by atoms with Gasteiger partial charge in [0, 0.05) is 12.0 Å². The Morgan fingerprint density at radius 2 is 2.29 bits per heavy atom. The SMILES string of the molecule is Cc1cccc2c1C(F)(C(=O)O)CC2. The van der Waals surface area contributed by atoms with Crippen LogP contribution in [0.4, 0.5) is 4.39 Å². The number of fused-ring (bicyclic) bond motifs is 1. The summed E-state index contributed by atoms with van der Waals surface area (Å²) >= 11 is 0.